The molecule has 0 saturated carbocycles. The fourth-order valence-electron chi connectivity index (χ4n) is 1.27. The zero-order valence-corrected chi connectivity index (χ0v) is 13.7. The van der Waals surface area contributed by atoms with E-state index in [9.17, 15) is 0 Å². The second-order valence-corrected chi connectivity index (χ2v) is 8.50. The Morgan fingerprint density at radius 2 is 1.45 bits per heavy atom. The van der Waals surface area contributed by atoms with Crippen molar-refractivity contribution in [3.63, 3.8) is 0 Å². The molecule has 2 heterocycles. The molecular weight excluding hydrogens is 338 g/mol. The summed E-state index contributed by atoms with van der Waals surface area (Å²) in [6, 6.07) is 6.66. The van der Waals surface area contributed by atoms with Crippen LogP contribution in [-0.2, 0) is 11.8 Å². The molecule has 0 atom stereocenters. The summed E-state index contributed by atoms with van der Waals surface area (Å²) in [7, 11) is 0. The second-order valence-electron chi connectivity index (χ2n) is 3.74. The maximum atomic E-state index is 5.77. The summed E-state index contributed by atoms with van der Waals surface area (Å²) < 4.78 is 11.4. The molecule has 2 rings (SSSR count). The van der Waals surface area contributed by atoms with Gasteiger partial charge in [0.25, 0.3) is 6.49 Å². The molecule has 8 heteroatoms. The fraction of sp³-hybridized carbons (Fsp3) is 0.167. The van der Waals surface area contributed by atoms with Crippen LogP contribution in [0.15, 0.2) is 36.7 Å². The zero-order valence-electron chi connectivity index (χ0n) is 10.5. The SMILES string of the molecule is CCP(=S)(Oc1ccc(Cl)cn1)Oc1ccc(Cl)cn1. The van der Waals surface area contributed by atoms with Gasteiger partial charge in [-0.2, -0.15) is 0 Å². The Balaban J connectivity index is 2.14. The number of nitrogens with zero attached hydrogens (tertiary/aromatic N) is 2. The fourth-order valence-corrected chi connectivity index (χ4v) is 3.03. The van der Waals surface area contributed by atoms with Crippen LogP contribution >= 0.6 is 29.7 Å². The van der Waals surface area contributed by atoms with E-state index in [4.69, 9.17) is 44.1 Å². The van der Waals surface area contributed by atoms with Gasteiger partial charge in [-0.3, -0.25) is 0 Å². The average Bonchev–Trinajstić information content (AvgIpc) is 2.44. The molecule has 0 saturated heterocycles. The number of rotatable bonds is 5. The van der Waals surface area contributed by atoms with Crippen LogP contribution in [0.4, 0.5) is 0 Å². The molecular formula is C12H11Cl2N2O2PS. The van der Waals surface area contributed by atoms with Gasteiger partial charge < -0.3 is 9.05 Å². The lowest BCUT2D eigenvalue weighted by Crippen LogP contribution is -2.04. The van der Waals surface area contributed by atoms with Gasteiger partial charge in [0.2, 0.25) is 11.8 Å². The van der Waals surface area contributed by atoms with Crippen molar-refractivity contribution in [2.45, 2.75) is 6.92 Å². The van der Waals surface area contributed by atoms with Gasteiger partial charge in [-0.1, -0.05) is 30.1 Å². The van der Waals surface area contributed by atoms with Crippen LogP contribution in [0.25, 0.3) is 0 Å². The molecule has 0 aliphatic carbocycles. The zero-order chi connectivity index (χ0) is 14.6. The molecule has 2 aromatic rings. The summed E-state index contributed by atoms with van der Waals surface area (Å²) in [5.74, 6) is 0.766. The van der Waals surface area contributed by atoms with Gasteiger partial charge in [-0.25, -0.2) is 9.97 Å². The van der Waals surface area contributed by atoms with Crippen molar-refractivity contribution < 1.29 is 9.05 Å². The lowest BCUT2D eigenvalue weighted by atomic mass is 10.5. The van der Waals surface area contributed by atoms with Crippen LogP contribution in [0.1, 0.15) is 6.92 Å². The van der Waals surface area contributed by atoms with E-state index in [-0.39, 0.29) is 0 Å². The van der Waals surface area contributed by atoms with Crippen LogP contribution in [0.2, 0.25) is 10.0 Å². The van der Waals surface area contributed by atoms with Crippen LogP contribution < -0.4 is 9.05 Å². The van der Waals surface area contributed by atoms with E-state index < -0.39 is 6.49 Å². The van der Waals surface area contributed by atoms with Crippen molar-refractivity contribution >= 4 is 41.5 Å². The molecule has 0 aliphatic heterocycles. The lowest BCUT2D eigenvalue weighted by molar-refractivity contribution is 0.467. The van der Waals surface area contributed by atoms with E-state index in [1.807, 2.05) is 6.92 Å². The van der Waals surface area contributed by atoms with Gasteiger partial charge in [0.05, 0.1) is 10.0 Å². The van der Waals surface area contributed by atoms with Crippen molar-refractivity contribution in [1.29, 1.82) is 0 Å². The summed E-state index contributed by atoms with van der Waals surface area (Å²) in [6.07, 6.45) is 3.52. The van der Waals surface area contributed by atoms with E-state index in [1.165, 1.54) is 12.4 Å². The van der Waals surface area contributed by atoms with E-state index >= 15 is 0 Å². The van der Waals surface area contributed by atoms with Gasteiger partial charge in [0, 0.05) is 30.7 Å². The third kappa shape index (κ3) is 4.32. The predicted octanol–water partition coefficient (Wildman–Crippen LogP) is 4.57. The maximum absolute atomic E-state index is 5.77. The Kier molecular flexibility index (Phi) is 5.22. The second kappa shape index (κ2) is 6.72. The Morgan fingerprint density at radius 1 is 1.00 bits per heavy atom. The summed E-state index contributed by atoms with van der Waals surface area (Å²) in [4.78, 5) is 8.10. The molecule has 4 nitrogen and oxygen atoms in total. The summed E-state index contributed by atoms with van der Waals surface area (Å²) in [5, 5.41) is 1.06. The first kappa shape index (κ1) is 15.5. The third-order valence-corrected chi connectivity index (χ3v) is 5.63. The lowest BCUT2D eigenvalue weighted by Gasteiger charge is -2.21. The number of aromatic nitrogens is 2. The largest absolute Gasteiger partial charge is 0.417 e. The first-order chi connectivity index (χ1) is 9.50. The maximum Gasteiger partial charge on any atom is 0.290 e. The third-order valence-electron chi connectivity index (χ3n) is 2.25. The minimum Gasteiger partial charge on any atom is -0.417 e. The Labute approximate surface area is 132 Å². The monoisotopic (exact) mass is 348 g/mol. The molecule has 20 heavy (non-hydrogen) atoms. The summed E-state index contributed by atoms with van der Waals surface area (Å²) >= 11 is 17.0. The molecule has 0 aromatic carbocycles. The van der Waals surface area contributed by atoms with Crippen LogP contribution in [0.3, 0.4) is 0 Å². The standard InChI is InChI=1S/C12H11Cl2N2O2PS/c1-2-19(20,17-11-5-3-9(13)7-15-11)18-12-6-4-10(14)8-16-12/h3-8H,2H2,1H3. The van der Waals surface area contributed by atoms with E-state index in [2.05, 4.69) is 9.97 Å². The van der Waals surface area contributed by atoms with Crippen molar-refractivity contribution in [2.24, 2.45) is 0 Å². The van der Waals surface area contributed by atoms with Gasteiger partial charge in [-0.15, -0.1) is 0 Å². The molecule has 0 bridgehead atoms. The highest BCUT2D eigenvalue weighted by molar-refractivity contribution is 8.10. The topological polar surface area (TPSA) is 44.2 Å². The first-order valence-corrected chi connectivity index (χ1v) is 9.30. The molecule has 0 unspecified atom stereocenters. The van der Waals surface area contributed by atoms with Gasteiger partial charge in [0.15, 0.2) is 0 Å². The highest BCUT2D eigenvalue weighted by atomic mass is 35.5. The van der Waals surface area contributed by atoms with Gasteiger partial charge in [-0.05, 0) is 23.9 Å². The molecule has 2 aromatic heterocycles. The van der Waals surface area contributed by atoms with E-state index in [0.29, 0.717) is 28.0 Å². The van der Waals surface area contributed by atoms with Crippen molar-refractivity contribution in [2.75, 3.05) is 6.16 Å². The Morgan fingerprint density at radius 3 is 1.75 bits per heavy atom. The molecule has 106 valence electrons. The normalized spacial score (nSPS) is 11.2. The van der Waals surface area contributed by atoms with E-state index in [1.54, 1.807) is 24.3 Å². The van der Waals surface area contributed by atoms with Crippen LogP contribution in [0.5, 0.6) is 11.8 Å². The van der Waals surface area contributed by atoms with Gasteiger partial charge in [0.1, 0.15) is 0 Å². The smallest absolute Gasteiger partial charge is 0.290 e. The molecule has 0 radical (unpaired) electrons. The molecule has 0 N–H and O–H groups in total. The summed E-state index contributed by atoms with van der Waals surface area (Å²) in [6.45, 7) is -0.657. The first-order valence-electron chi connectivity index (χ1n) is 5.72. The number of hydrogen-bond donors (Lipinski definition) is 0. The van der Waals surface area contributed by atoms with E-state index in [0.717, 1.165) is 0 Å². The number of hydrogen-bond acceptors (Lipinski definition) is 5. The highest BCUT2D eigenvalue weighted by Crippen LogP contribution is 2.47. The minimum absolute atomic E-state index is 0.383. The van der Waals surface area contributed by atoms with Crippen LogP contribution in [0, 0.1) is 0 Å². The minimum atomic E-state index is -2.55. The Hall–Kier alpha value is -0.870. The quantitative estimate of drug-likeness (QED) is 0.740. The van der Waals surface area contributed by atoms with Gasteiger partial charge >= 0.3 is 0 Å². The number of pyridine rings is 2. The van der Waals surface area contributed by atoms with Crippen LogP contribution in [-0.4, -0.2) is 16.1 Å². The average molecular weight is 349 g/mol. The van der Waals surface area contributed by atoms with Crippen molar-refractivity contribution in [3.05, 3.63) is 46.7 Å². The number of halogens is 2. The van der Waals surface area contributed by atoms with Crippen molar-refractivity contribution in [3.8, 4) is 11.8 Å². The predicted molar refractivity (Wildman–Crippen MR) is 84.6 cm³/mol. The molecule has 0 amide bonds. The molecule has 0 aliphatic rings. The molecule has 0 spiro atoms. The Bertz CT molecular complexity index is 571. The highest BCUT2D eigenvalue weighted by Gasteiger charge is 2.21. The molecule has 0 fully saturated rings. The summed E-state index contributed by atoms with van der Waals surface area (Å²) in [5.41, 5.74) is 0. The van der Waals surface area contributed by atoms with Crippen molar-refractivity contribution in [1.82, 2.24) is 9.97 Å².